The first-order chi connectivity index (χ1) is 12.6. The molecule has 3 rings (SSSR count). The number of tetrazole rings is 1. The van der Waals surface area contributed by atoms with Crippen LogP contribution in [0.5, 0.6) is 0 Å². The molecule has 0 radical (unpaired) electrons. The molecule has 26 heavy (non-hydrogen) atoms. The van der Waals surface area contributed by atoms with Crippen LogP contribution < -0.4 is 5.32 Å². The number of aromatic nitrogens is 4. The summed E-state index contributed by atoms with van der Waals surface area (Å²) in [5.41, 5.74) is 1.43. The Labute approximate surface area is 151 Å². The molecule has 0 aliphatic rings. The molecule has 0 spiro atoms. The van der Waals surface area contributed by atoms with Crippen LogP contribution in [0.25, 0.3) is 5.69 Å². The van der Waals surface area contributed by atoms with Gasteiger partial charge in [-0.15, -0.1) is 5.10 Å². The molecule has 1 N–H and O–H groups in total. The molecule has 7 nitrogen and oxygen atoms in total. The lowest BCUT2D eigenvalue weighted by Gasteiger charge is -2.13. The fraction of sp³-hybridized carbons (Fsp3) is 0.211. The van der Waals surface area contributed by atoms with Crippen molar-refractivity contribution in [1.82, 2.24) is 25.5 Å². The molecule has 0 saturated carbocycles. The lowest BCUT2D eigenvalue weighted by Crippen LogP contribution is -2.29. The highest BCUT2D eigenvalue weighted by molar-refractivity contribution is 5.97. The number of carbonyl (C=O) groups is 2. The van der Waals surface area contributed by atoms with Gasteiger partial charge in [0.2, 0.25) is 5.91 Å². The maximum atomic E-state index is 12.2. The van der Waals surface area contributed by atoms with Gasteiger partial charge in [0.15, 0.2) is 11.6 Å². The number of benzene rings is 2. The largest absolute Gasteiger partial charge is 0.346 e. The third-order valence-corrected chi connectivity index (χ3v) is 3.93. The summed E-state index contributed by atoms with van der Waals surface area (Å²) in [6.07, 6.45) is 0.275. The Morgan fingerprint density at radius 3 is 2.35 bits per heavy atom. The molecular weight excluding hydrogens is 330 g/mol. The van der Waals surface area contributed by atoms with E-state index in [0.29, 0.717) is 11.4 Å². The van der Waals surface area contributed by atoms with Crippen LogP contribution in [0.2, 0.25) is 0 Å². The molecule has 1 aromatic heterocycles. The summed E-state index contributed by atoms with van der Waals surface area (Å²) in [6.45, 7) is 1.81. The van der Waals surface area contributed by atoms with Gasteiger partial charge < -0.3 is 5.32 Å². The summed E-state index contributed by atoms with van der Waals surface area (Å²) in [6, 6.07) is 18.0. The van der Waals surface area contributed by atoms with Gasteiger partial charge >= 0.3 is 0 Å². The van der Waals surface area contributed by atoms with Crippen molar-refractivity contribution in [3.8, 4) is 5.69 Å². The minimum absolute atomic E-state index is 0.0532. The van der Waals surface area contributed by atoms with Crippen molar-refractivity contribution in [2.24, 2.45) is 0 Å². The SMILES string of the molecule is C[C@H](NC(=O)CCC(=O)c1ccccc1)c1nnnn1-c1ccccc1. The van der Waals surface area contributed by atoms with Crippen LogP contribution in [0, 0.1) is 0 Å². The van der Waals surface area contributed by atoms with E-state index >= 15 is 0 Å². The van der Waals surface area contributed by atoms with Gasteiger partial charge in [0.25, 0.3) is 0 Å². The summed E-state index contributed by atoms with van der Waals surface area (Å²) in [7, 11) is 0. The van der Waals surface area contributed by atoms with E-state index in [4.69, 9.17) is 0 Å². The molecular formula is C19H19N5O2. The van der Waals surface area contributed by atoms with Crippen LogP contribution in [0.1, 0.15) is 42.0 Å². The van der Waals surface area contributed by atoms with Gasteiger partial charge in [0.05, 0.1) is 11.7 Å². The Bertz CT molecular complexity index is 877. The van der Waals surface area contributed by atoms with Gasteiger partial charge in [-0.2, -0.15) is 4.68 Å². The minimum atomic E-state index is -0.385. The predicted molar refractivity (Wildman–Crippen MR) is 95.7 cm³/mol. The van der Waals surface area contributed by atoms with E-state index in [1.807, 2.05) is 43.3 Å². The van der Waals surface area contributed by atoms with E-state index in [1.165, 1.54) is 0 Å². The van der Waals surface area contributed by atoms with Gasteiger partial charge in [-0.05, 0) is 29.5 Å². The van der Waals surface area contributed by atoms with Gasteiger partial charge in [-0.25, -0.2) is 0 Å². The number of nitrogens with one attached hydrogen (secondary N) is 1. The lowest BCUT2D eigenvalue weighted by atomic mass is 10.1. The normalized spacial score (nSPS) is 11.7. The monoisotopic (exact) mass is 349 g/mol. The number of hydrogen-bond acceptors (Lipinski definition) is 5. The third kappa shape index (κ3) is 4.18. The molecule has 0 bridgehead atoms. The van der Waals surface area contributed by atoms with Gasteiger partial charge in [0, 0.05) is 18.4 Å². The summed E-state index contributed by atoms with van der Waals surface area (Å²) in [4.78, 5) is 24.3. The molecule has 1 heterocycles. The average Bonchev–Trinajstić information content (AvgIpc) is 3.17. The zero-order valence-corrected chi connectivity index (χ0v) is 14.4. The molecule has 7 heteroatoms. The number of ketones is 1. The van der Waals surface area contributed by atoms with Crippen LogP contribution in [0.15, 0.2) is 60.7 Å². The summed E-state index contributed by atoms with van der Waals surface area (Å²) in [5, 5.41) is 14.5. The highest BCUT2D eigenvalue weighted by Gasteiger charge is 2.18. The van der Waals surface area contributed by atoms with E-state index in [2.05, 4.69) is 20.8 Å². The van der Waals surface area contributed by atoms with E-state index < -0.39 is 0 Å². The average molecular weight is 349 g/mol. The number of rotatable bonds is 7. The van der Waals surface area contributed by atoms with Crippen LogP contribution >= 0.6 is 0 Å². The maximum absolute atomic E-state index is 12.2. The number of carbonyl (C=O) groups excluding carboxylic acids is 2. The summed E-state index contributed by atoms with van der Waals surface area (Å²) in [5.74, 6) is 0.255. The summed E-state index contributed by atoms with van der Waals surface area (Å²) >= 11 is 0. The van der Waals surface area contributed by atoms with Crippen molar-refractivity contribution in [2.75, 3.05) is 0 Å². The van der Waals surface area contributed by atoms with Gasteiger partial charge in [-0.1, -0.05) is 48.5 Å². The zero-order valence-electron chi connectivity index (χ0n) is 14.4. The second kappa shape index (κ2) is 8.15. The first kappa shape index (κ1) is 17.5. The molecule has 0 aliphatic carbocycles. The third-order valence-electron chi connectivity index (χ3n) is 3.93. The Balaban J connectivity index is 1.59. The molecule has 0 saturated heterocycles. The number of Topliss-reactive ketones (excluding diaryl/α,β-unsaturated/α-hetero) is 1. The van der Waals surface area contributed by atoms with Gasteiger partial charge in [-0.3, -0.25) is 9.59 Å². The van der Waals surface area contributed by atoms with Crippen molar-refractivity contribution in [1.29, 1.82) is 0 Å². The first-order valence-electron chi connectivity index (χ1n) is 8.36. The number of hydrogen-bond donors (Lipinski definition) is 1. The maximum Gasteiger partial charge on any atom is 0.221 e. The Kier molecular flexibility index (Phi) is 5.48. The summed E-state index contributed by atoms with van der Waals surface area (Å²) < 4.78 is 1.58. The van der Waals surface area contributed by atoms with Crippen molar-refractivity contribution in [2.45, 2.75) is 25.8 Å². The first-order valence-corrected chi connectivity index (χ1v) is 8.36. The number of amides is 1. The van der Waals surface area contributed by atoms with E-state index in [9.17, 15) is 9.59 Å². The molecule has 0 aliphatic heterocycles. The fourth-order valence-corrected chi connectivity index (χ4v) is 2.59. The Hall–Kier alpha value is -3.35. The zero-order chi connectivity index (χ0) is 18.4. The Morgan fingerprint density at radius 1 is 1.00 bits per heavy atom. The van der Waals surface area contributed by atoms with Crippen molar-refractivity contribution in [3.63, 3.8) is 0 Å². The minimum Gasteiger partial charge on any atom is -0.346 e. The smallest absolute Gasteiger partial charge is 0.221 e. The topological polar surface area (TPSA) is 89.8 Å². The second-order valence-electron chi connectivity index (χ2n) is 5.86. The molecule has 132 valence electrons. The molecule has 1 atom stereocenters. The van der Waals surface area contributed by atoms with Crippen molar-refractivity contribution < 1.29 is 9.59 Å². The number of nitrogens with zero attached hydrogens (tertiary/aromatic N) is 4. The predicted octanol–water partition coefficient (Wildman–Crippen LogP) is 2.50. The van der Waals surface area contributed by atoms with Crippen LogP contribution in [-0.2, 0) is 4.79 Å². The van der Waals surface area contributed by atoms with Gasteiger partial charge in [0.1, 0.15) is 0 Å². The molecule has 0 unspecified atom stereocenters. The van der Waals surface area contributed by atoms with E-state index in [0.717, 1.165) is 5.69 Å². The highest BCUT2D eigenvalue weighted by atomic mass is 16.2. The molecule has 1 amide bonds. The molecule has 2 aromatic carbocycles. The molecule has 0 fully saturated rings. The van der Waals surface area contributed by atoms with Crippen LogP contribution in [-0.4, -0.2) is 31.9 Å². The highest BCUT2D eigenvalue weighted by Crippen LogP contribution is 2.14. The quantitative estimate of drug-likeness (QED) is 0.662. The second-order valence-corrected chi connectivity index (χ2v) is 5.86. The standard InChI is InChI=1S/C19H19N5O2/c1-14(19-21-22-23-24(19)16-10-6-3-7-11-16)20-18(26)13-12-17(25)15-8-4-2-5-9-15/h2-11,14H,12-13H2,1H3,(H,20,26)/t14-/m0/s1. The lowest BCUT2D eigenvalue weighted by molar-refractivity contribution is -0.121. The fourth-order valence-electron chi connectivity index (χ4n) is 2.59. The van der Waals surface area contributed by atoms with Crippen molar-refractivity contribution in [3.05, 3.63) is 72.1 Å². The van der Waals surface area contributed by atoms with Crippen LogP contribution in [0.3, 0.4) is 0 Å². The van der Waals surface area contributed by atoms with E-state index in [-0.39, 0.29) is 30.6 Å². The van der Waals surface area contributed by atoms with Crippen molar-refractivity contribution >= 4 is 11.7 Å². The van der Waals surface area contributed by atoms with E-state index in [1.54, 1.807) is 28.9 Å². The number of para-hydroxylation sites is 1. The molecule has 3 aromatic rings. The Morgan fingerprint density at radius 2 is 1.65 bits per heavy atom. The van der Waals surface area contributed by atoms with Crippen LogP contribution in [0.4, 0.5) is 0 Å².